The fourth-order valence-electron chi connectivity index (χ4n) is 3.11. The molecule has 2 aromatic rings. The third-order valence-corrected chi connectivity index (χ3v) is 4.64. The quantitative estimate of drug-likeness (QED) is 0.499. The van der Waals surface area contributed by atoms with E-state index in [1.807, 2.05) is 0 Å². The van der Waals surface area contributed by atoms with Gasteiger partial charge in [-0.2, -0.15) is 0 Å². The average Bonchev–Trinajstić information content (AvgIpc) is 2.72. The van der Waals surface area contributed by atoms with Crippen molar-refractivity contribution in [3.8, 4) is 11.5 Å². The molecule has 8 heteroatoms. The number of carbonyl (C=O) groups excluding carboxylic acids is 1. The Morgan fingerprint density at radius 3 is 2.39 bits per heavy atom. The van der Waals surface area contributed by atoms with Gasteiger partial charge in [-0.15, -0.1) is 0 Å². The first-order valence-corrected chi connectivity index (χ1v) is 8.85. The molecular formula is C20H23NO7. The van der Waals surface area contributed by atoms with Crippen molar-refractivity contribution in [1.29, 1.82) is 0 Å². The van der Waals surface area contributed by atoms with Crippen LogP contribution in [0.4, 0.5) is 0 Å². The van der Waals surface area contributed by atoms with Gasteiger partial charge in [-0.3, -0.25) is 4.79 Å². The Hall–Kier alpha value is -2.49. The average molecular weight is 389 g/mol. The summed E-state index contributed by atoms with van der Waals surface area (Å²) < 4.78 is 11.4. The van der Waals surface area contributed by atoms with Gasteiger partial charge in [0.05, 0.1) is 6.61 Å². The number of aliphatic hydroxyl groups excluding tert-OH is 4. The molecule has 0 aromatic heterocycles. The van der Waals surface area contributed by atoms with Gasteiger partial charge in [-0.05, 0) is 35.9 Å². The Morgan fingerprint density at radius 1 is 1.04 bits per heavy atom. The largest absolute Gasteiger partial charge is 0.457 e. The molecule has 8 nitrogen and oxygen atoms in total. The van der Waals surface area contributed by atoms with Crippen LogP contribution in [0.1, 0.15) is 22.0 Å². The first-order chi connectivity index (χ1) is 13.4. The summed E-state index contributed by atoms with van der Waals surface area (Å²) in [4.78, 5) is 11.8. The van der Waals surface area contributed by atoms with Crippen molar-refractivity contribution in [2.75, 3.05) is 13.7 Å². The lowest BCUT2D eigenvalue weighted by Gasteiger charge is -2.40. The van der Waals surface area contributed by atoms with Crippen molar-refractivity contribution in [1.82, 2.24) is 5.32 Å². The number of nitrogens with one attached hydrogen (secondary N) is 1. The molecule has 1 aliphatic rings. The lowest BCUT2D eigenvalue weighted by Crippen LogP contribution is -2.55. The number of aliphatic hydroxyl groups is 4. The molecule has 1 fully saturated rings. The molecule has 0 spiro atoms. The lowest BCUT2D eigenvalue weighted by atomic mass is 9.91. The smallest absolute Gasteiger partial charge is 0.251 e. The fourth-order valence-corrected chi connectivity index (χ4v) is 3.11. The number of rotatable bonds is 5. The SMILES string of the molecule is CNC(=O)c1cccc(Oc2cccc([C@H]3OC(CO)[C@@H](O)C(O)C3O)c2)c1. The predicted octanol–water partition coefficient (Wildman–Crippen LogP) is 0.353. The van der Waals surface area contributed by atoms with Crippen molar-refractivity contribution >= 4 is 5.91 Å². The maximum atomic E-state index is 11.8. The van der Waals surface area contributed by atoms with Crippen LogP contribution in [0.15, 0.2) is 48.5 Å². The molecular weight excluding hydrogens is 366 g/mol. The van der Waals surface area contributed by atoms with Gasteiger partial charge in [0, 0.05) is 12.6 Å². The van der Waals surface area contributed by atoms with Crippen molar-refractivity contribution in [3.05, 3.63) is 59.7 Å². The normalized spacial score (nSPS) is 27.2. The minimum Gasteiger partial charge on any atom is -0.457 e. The molecule has 2 aromatic carbocycles. The van der Waals surface area contributed by atoms with Crippen LogP contribution in [0, 0.1) is 0 Å². The van der Waals surface area contributed by atoms with E-state index in [9.17, 15) is 25.2 Å². The highest BCUT2D eigenvalue weighted by Gasteiger charge is 2.43. The van der Waals surface area contributed by atoms with Crippen LogP contribution in [0.2, 0.25) is 0 Å². The molecule has 1 heterocycles. The number of hydrogen-bond acceptors (Lipinski definition) is 7. The molecule has 1 amide bonds. The van der Waals surface area contributed by atoms with Crippen LogP contribution in [-0.4, -0.2) is 64.4 Å². The Bertz CT molecular complexity index is 826. The van der Waals surface area contributed by atoms with Gasteiger partial charge in [0.1, 0.15) is 42.0 Å². The van der Waals surface area contributed by atoms with Gasteiger partial charge in [0.25, 0.3) is 5.91 Å². The molecule has 150 valence electrons. The Balaban J connectivity index is 1.82. The van der Waals surface area contributed by atoms with Crippen LogP contribution < -0.4 is 10.1 Å². The van der Waals surface area contributed by atoms with Crippen LogP contribution >= 0.6 is 0 Å². The molecule has 0 bridgehead atoms. The predicted molar refractivity (Wildman–Crippen MR) is 99.1 cm³/mol. The number of benzene rings is 2. The summed E-state index contributed by atoms with van der Waals surface area (Å²) in [6.45, 7) is -0.496. The van der Waals surface area contributed by atoms with Gasteiger partial charge >= 0.3 is 0 Å². The zero-order valence-corrected chi connectivity index (χ0v) is 15.2. The Kier molecular flexibility index (Phi) is 6.28. The highest BCUT2D eigenvalue weighted by molar-refractivity contribution is 5.94. The molecule has 5 atom stereocenters. The summed E-state index contributed by atoms with van der Waals surface area (Å²) in [5, 5.41) is 42.0. The van der Waals surface area contributed by atoms with Gasteiger partial charge in [0.2, 0.25) is 0 Å². The number of amides is 1. The van der Waals surface area contributed by atoms with Crippen LogP contribution in [0.3, 0.4) is 0 Å². The Labute approximate surface area is 162 Å². The minimum atomic E-state index is -1.45. The second-order valence-corrected chi connectivity index (χ2v) is 6.53. The van der Waals surface area contributed by atoms with Crippen molar-refractivity contribution in [2.45, 2.75) is 30.5 Å². The summed E-state index contributed by atoms with van der Waals surface area (Å²) >= 11 is 0. The van der Waals surface area contributed by atoms with Crippen molar-refractivity contribution < 1.29 is 34.7 Å². The van der Waals surface area contributed by atoms with Gasteiger partial charge in [-0.25, -0.2) is 0 Å². The monoisotopic (exact) mass is 389 g/mol. The minimum absolute atomic E-state index is 0.236. The zero-order valence-electron chi connectivity index (χ0n) is 15.2. The maximum Gasteiger partial charge on any atom is 0.251 e. The molecule has 1 aliphatic heterocycles. The van der Waals surface area contributed by atoms with Gasteiger partial charge in [0.15, 0.2) is 0 Å². The second-order valence-electron chi connectivity index (χ2n) is 6.53. The molecule has 28 heavy (non-hydrogen) atoms. The molecule has 5 N–H and O–H groups in total. The molecule has 0 radical (unpaired) electrons. The third-order valence-electron chi connectivity index (χ3n) is 4.64. The first kappa shape index (κ1) is 20.2. The lowest BCUT2D eigenvalue weighted by molar-refractivity contribution is -0.231. The molecule has 0 aliphatic carbocycles. The zero-order chi connectivity index (χ0) is 20.3. The Morgan fingerprint density at radius 2 is 1.71 bits per heavy atom. The van der Waals surface area contributed by atoms with E-state index in [2.05, 4.69) is 5.32 Å². The molecule has 1 saturated heterocycles. The number of hydrogen-bond donors (Lipinski definition) is 5. The number of carbonyl (C=O) groups is 1. The van der Waals surface area contributed by atoms with Crippen LogP contribution in [-0.2, 0) is 4.74 Å². The van der Waals surface area contributed by atoms with Gasteiger partial charge < -0.3 is 35.2 Å². The number of ether oxygens (including phenoxy) is 2. The summed E-state index contributed by atoms with van der Waals surface area (Å²) in [5.41, 5.74) is 0.960. The van der Waals surface area contributed by atoms with E-state index < -0.39 is 37.1 Å². The van der Waals surface area contributed by atoms with Crippen molar-refractivity contribution in [2.24, 2.45) is 0 Å². The summed E-state index contributed by atoms with van der Waals surface area (Å²) in [5.74, 6) is 0.649. The van der Waals surface area contributed by atoms with Gasteiger partial charge in [-0.1, -0.05) is 18.2 Å². The molecule has 3 unspecified atom stereocenters. The summed E-state index contributed by atoms with van der Waals surface area (Å²) in [6, 6.07) is 13.3. The van der Waals surface area contributed by atoms with Crippen LogP contribution in [0.5, 0.6) is 11.5 Å². The van der Waals surface area contributed by atoms with E-state index >= 15 is 0 Å². The summed E-state index contributed by atoms with van der Waals surface area (Å²) in [6.07, 6.45) is -6.18. The van der Waals surface area contributed by atoms with Crippen LogP contribution in [0.25, 0.3) is 0 Å². The topological polar surface area (TPSA) is 128 Å². The molecule has 0 saturated carbocycles. The maximum absolute atomic E-state index is 11.8. The van der Waals surface area contributed by atoms with E-state index in [0.717, 1.165) is 0 Å². The van der Waals surface area contributed by atoms with E-state index in [1.54, 1.807) is 55.6 Å². The van der Waals surface area contributed by atoms with E-state index in [4.69, 9.17) is 9.47 Å². The first-order valence-electron chi connectivity index (χ1n) is 8.85. The third kappa shape index (κ3) is 4.16. The fraction of sp³-hybridized carbons (Fsp3) is 0.350. The highest BCUT2D eigenvalue weighted by Crippen LogP contribution is 2.34. The van der Waals surface area contributed by atoms with Crippen molar-refractivity contribution in [3.63, 3.8) is 0 Å². The highest BCUT2D eigenvalue weighted by atomic mass is 16.5. The molecule has 3 rings (SSSR count). The second kappa shape index (κ2) is 8.68. The van der Waals surface area contributed by atoms with E-state index in [0.29, 0.717) is 22.6 Å². The van der Waals surface area contributed by atoms with E-state index in [1.165, 1.54) is 0 Å². The standard InChI is InChI=1S/C20H23NO7/c1-21-20(26)12-5-3-7-14(9-12)27-13-6-2-4-11(8-13)19-18(25)17(24)16(23)15(10-22)28-19/h2-9,15-19,22-25H,10H2,1H3,(H,21,26)/t15?,16-,17?,18?,19-/m1/s1. The van der Waals surface area contributed by atoms with E-state index in [-0.39, 0.29) is 5.91 Å². The summed E-state index contributed by atoms with van der Waals surface area (Å²) in [7, 11) is 1.54.